The predicted molar refractivity (Wildman–Crippen MR) is 84.0 cm³/mol. The van der Waals surface area contributed by atoms with E-state index in [1.807, 2.05) is 19.1 Å². The topological polar surface area (TPSA) is 72.2 Å². The number of rotatable bonds is 4. The van der Waals surface area contributed by atoms with Crippen LogP contribution in [0.5, 0.6) is 0 Å². The van der Waals surface area contributed by atoms with Gasteiger partial charge in [0.25, 0.3) is 10.0 Å². The predicted octanol–water partition coefficient (Wildman–Crippen LogP) is 3.02. The Hall–Kier alpha value is -1.37. The van der Waals surface area contributed by atoms with Crippen LogP contribution in [0.15, 0.2) is 51.8 Å². The monoisotopic (exact) mass is 354 g/mol. The van der Waals surface area contributed by atoms with Crippen LogP contribution < -0.4 is 10.5 Å². The zero-order valence-electron chi connectivity index (χ0n) is 10.9. The van der Waals surface area contributed by atoms with Crippen LogP contribution in [-0.4, -0.2) is 8.42 Å². The molecule has 0 aliphatic heterocycles. The molecule has 0 spiro atoms. The number of benzene rings is 2. The van der Waals surface area contributed by atoms with Crippen molar-refractivity contribution in [3.05, 3.63) is 58.1 Å². The third-order valence-electron chi connectivity index (χ3n) is 2.84. The van der Waals surface area contributed by atoms with Gasteiger partial charge in [-0.2, -0.15) is 0 Å². The Labute approximate surface area is 127 Å². The minimum absolute atomic E-state index is 0.211. The third-order valence-corrected chi connectivity index (χ3v) is 4.91. The molecule has 0 heterocycles. The second kappa shape index (κ2) is 5.95. The molecule has 0 aromatic heterocycles. The second-order valence-electron chi connectivity index (χ2n) is 4.44. The first kappa shape index (κ1) is 15.0. The van der Waals surface area contributed by atoms with Crippen LogP contribution in [0, 0.1) is 6.92 Å². The molecule has 0 unspecified atom stereocenters. The average molecular weight is 355 g/mol. The molecule has 0 saturated heterocycles. The number of anilines is 1. The minimum atomic E-state index is -3.60. The van der Waals surface area contributed by atoms with Gasteiger partial charge in [0.2, 0.25) is 0 Å². The SMILES string of the molecule is Cc1ccc(Br)c(NS(=O)(=O)c2ccc(CN)cc2)c1. The lowest BCUT2D eigenvalue weighted by molar-refractivity contribution is 0.601. The number of halogens is 1. The fourth-order valence-electron chi connectivity index (χ4n) is 1.73. The van der Waals surface area contributed by atoms with E-state index in [1.54, 1.807) is 30.3 Å². The fourth-order valence-corrected chi connectivity index (χ4v) is 3.27. The number of aryl methyl sites for hydroxylation is 1. The molecule has 2 aromatic rings. The van der Waals surface area contributed by atoms with E-state index in [-0.39, 0.29) is 4.90 Å². The van der Waals surface area contributed by atoms with Gasteiger partial charge in [-0.25, -0.2) is 8.42 Å². The molecule has 2 aromatic carbocycles. The maximum atomic E-state index is 12.3. The molecule has 0 bridgehead atoms. The highest BCUT2D eigenvalue weighted by Gasteiger charge is 2.15. The standard InChI is InChI=1S/C14H15BrN2O2S/c1-10-2-7-13(15)14(8-10)17-20(18,19)12-5-3-11(9-16)4-6-12/h2-8,17H,9,16H2,1H3. The van der Waals surface area contributed by atoms with E-state index < -0.39 is 10.0 Å². The maximum absolute atomic E-state index is 12.3. The first-order chi connectivity index (χ1) is 9.42. The summed E-state index contributed by atoms with van der Waals surface area (Å²) in [6.07, 6.45) is 0. The van der Waals surface area contributed by atoms with Gasteiger partial charge in [-0.1, -0.05) is 18.2 Å². The van der Waals surface area contributed by atoms with Gasteiger partial charge >= 0.3 is 0 Å². The lowest BCUT2D eigenvalue weighted by Crippen LogP contribution is -2.13. The van der Waals surface area contributed by atoms with E-state index >= 15 is 0 Å². The van der Waals surface area contributed by atoms with Crippen molar-refractivity contribution in [3.63, 3.8) is 0 Å². The lowest BCUT2D eigenvalue weighted by Gasteiger charge is -2.11. The molecule has 0 radical (unpaired) electrons. The van der Waals surface area contributed by atoms with Crippen molar-refractivity contribution in [1.82, 2.24) is 0 Å². The summed E-state index contributed by atoms with van der Waals surface area (Å²) in [5.74, 6) is 0. The van der Waals surface area contributed by atoms with Crippen LogP contribution in [-0.2, 0) is 16.6 Å². The Morgan fingerprint density at radius 1 is 1.15 bits per heavy atom. The third kappa shape index (κ3) is 3.39. The summed E-state index contributed by atoms with van der Waals surface area (Å²) >= 11 is 3.33. The lowest BCUT2D eigenvalue weighted by atomic mass is 10.2. The fraction of sp³-hybridized carbons (Fsp3) is 0.143. The highest BCUT2D eigenvalue weighted by molar-refractivity contribution is 9.10. The van der Waals surface area contributed by atoms with Gasteiger partial charge in [0.05, 0.1) is 10.6 Å². The molecule has 0 aliphatic carbocycles. The van der Waals surface area contributed by atoms with Crippen molar-refractivity contribution < 1.29 is 8.42 Å². The van der Waals surface area contributed by atoms with Gasteiger partial charge in [-0.15, -0.1) is 0 Å². The van der Waals surface area contributed by atoms with Crippen molar-refractivity contribution in [1.29, 1.82) is 0 Å². The van der Waals surface area contributed by atoms with Crippen molar-refractivity contribution >= 4 is 31.6 Å². The Morgan fingerprint density at radius 3 is 2.40 bits per heavy atom. The van der Waals surface area contributed by atoms with Gasteiger partial charge in [0.15, 0.2) is 0 Å². The van der Waals surface area contributed by atoms with Gasteiger partial charge in [0.1, 0.15) is 0 Å². The Balaban J connectivity index is 2.32. The largest absolute Gasteiger partial charge is 0.326 e. The van der Waals surface area contributed by atoms with E-state index in [4.69, 9.17) is 5.73 Å². The summed E-state index contributed by atoms with van der Waals surface area (Å²) < 4.78 is 27.9. The van der Waals surface area contributed by atoms with Crippen molar-refractivity contribution in [3.8, 4) is 0 Å². The van der Waals surface area contributed by atoms with Gasteiger partial charge in [0, 0.05) is 11.0 Å². The van der Waals surface area contributed by atoms with E-state index in [0.717, 1.165) is 11.1 Å². The summed E-state index contributed by atoms with van der Waals surface area (Å²) in [6, 6.07) is 12.0. The minimum Gasteiger partial charge on any atom is -0.326 e. The molecule has 0 aliphatic rings. The molecular weight excluding hydrogens is 340 g/mol. The highest BCUT2D eigenvalue weighted by Crippen LogP contribution is 2.26. The van der Waals surface area contributed by atoms with E-state index in [2.05, 4.69) is 20.7 Å². The Morgan fingerprint density at radius 2 is 1.80 bits per heavy atom. The maximum Gasteiger partial charge on any atom is 0.261 e. The molecule has 6 heteroatoms. The van der Waals surface area contributed by atoms with Crippen LogP contribution in [0.1, 0.15) is 11.1 Å². The summed E-state index contributed by atoms with van der Waals surface area (Å²) in [5.41, 5.74) is 7.88. The molecule has 0 fully saturated rings. The molecule has 0 atom stereocenters. The number of hydrogen-bond acceptors (Lipinski definition) is 3. The van der Waals surface area contributed by atoms with E-state index in [0.29, 0.717) is 16.7 Å². The van der Waals surface area contributed by atoms with Gasteiger partial charge in [-0.05, 0) is 58.2 Å². The highest BCUT2D eigenvalue weighted by atomic mass is 79.9. The zero-order chi connectivity index (χ0) is 14.8. The van der Waals surface area contributed by atoms with Crippen LogP contribution >= 0.6 is 15.9 Å². The quantitative estimate of drug-likeness (QED) is 0.886. The second-order valence-corrected chi connectivity index (χ2v) is 6.97. The Kier molecular flexibility index (Phi) is 4.47. The molecule has 4 nitrogen and oxygen atoms in total. The number of nitrogens with one attached hydrogen (secondary N) is 1. The van der Waals surface area contributed by atoms with Crippen molar-refractivity contribution in [2.45, 2.75) is 18.4 Å². The van der Waals surface area contributed by atoms with Gasteiger partial charge in [-0.3, -0.25) is 4.72 Å². The summed E-state index contributed by atoms with van der Waals surface area (Å²) in [5, 5.41) is 0. The molecule has 106 valence electrons. The molecule has 3 N–H and O–H groups in total. The normalized spacial score (nSPS) is 11.3. The van der Waals surface area contributed by atoms with E-state index in [1.165, 1.54) is 0 Å². The zero-order valence-corrected chi connectivity index (χ0v) is 13.3. The Bertz CT molecular complexity index is 712. The summed E-state index contributed by atoms with van der Waals surface area (Å²) in [7, 11) is -3.60. The smallest absolute Gasteiger partial charge is 0.261 e. The first-order valence-electron chi connectivity index (χ1n) is 6.00. The van der Waals surface area contributed by atoms with Crippen LogP contribution in [0.3, 0.4) is 0 Å². The van der Waals surface area contributed by atoms with E-state index in [9.17, 15) is 8.42 Å². The number of sulfonamides is 1. The van der Waals surface area contributed by atoms with Crippen molar-refractivity contribution in [2.75, 3.05) is 4.72 Å². The molecule has 0 saturated carbocycles. The number of hydrogen-bond donors (Lipinski definition) is 2. The molecule has 20 heavy (non-hydrogen) atoms. The average Bonchev–Trinajstić information content (AvgIpc) is 2.43. The molecule has 0 amide bonds. The summed E-state index contributed by atoms with van der Waals surface area (Å²) in [4.78, 5) is 0.211. The first-order valence-corrected chi connectivity index (χ1v) is 8.28. The molecular formula is C14H15BrN2O2S. The van der Waals surface area contributed by atoms with Crippen LogP contribution in [0.4, 0.5) is 5.69 Å². The van der Waals surface area contributed by atoms with Crippen LogP contribution in [0.25, 0.3) is 0 Å². The van der Waals surface area contributed by atoms with Crippen LogP contribution in [0.2, 0.25) is 0 Å². The van der Waals surface area contributed by atoms with Crippen molar-refractivity contribution in [2.24, 2.45) is 5.73 Å². The number of nitrogens with two attached hydrogens (primary N) is 1. The summed E-state index contributed by atoms with van der Waals surface area (Å²) in [6.45, 7) is 2.29. The van der Waals surface area contributed by atoms with Gasteiger partial charge < -0.3 is 5.73 Å². The molecule has 2 rings (SSSR count).